The normalized spacial score (nSPS) is 10.9. The molecule has 0 unspecified atom stereocenters. The molecule has 0 atom stereocenters. The number of nitrogens with zero attached hydrogens (tertiary/aromatic N) is 1. The lowest BCUT2D eigenvalue weighted by Gasteiger charge is -1.95. The summed E-state index contributed by atoms with van der Waals surface area (Å²) >= 11 is 9.51. The summed E-state index contributed by atoms with van der Waals surface area (Å²) in [5, 5.41) is 0.669. The zero-order valence-corrected chi connectivity index (χ0v) is 11.1. The molecular formula is C13H8BrClN2. The van der Waals surface area contributed by atoms with E-state index in [9.17, 15) is 0 Å². The van der Waals surface area contributed by atoms with E-state index in [0.29, 0.717) is 5.02 Å². The molecule has 84 valence electrons. The van der Waals surface area contributed by atoms with Crippen molar-refractivity contribution < 1.29 is 0 Å². The molecule has 1 N–H and O–H groups in total. The summed E-state index contributed by atoms with van der Waals surface area (Å²) in [6, 6.07) is 13.7. The smallest absolute Gasteiger partial charge is 0.138 e. The van der Waals surface area contributed by atoms with Crippen LogP contribution in [0.4, 0.5) is 0 Å². The van der Waals surface area contributed by atoms with Gasteiger partial charge in [0.05, 0.1) is 10.5 Å². The molecule has 2 nitrogen and oxygen atoms in total. The van der Waals surface area contributed by atoms with Crippen LogP contribution in [0.15, 0.2) is 46.9 Å². The maximum absolute atomic E-state index is 6.09. The van der Waals surface area contributed by atoms with Crippen LogP contribution in [0.3, 0.4) is 0 Å². The summed E-state index contributed by atoms with van der Waals surface area (Å²) in [6.07, 6.45) is 0. The van der Waals surface area contributed by atoms with Crippen molar-refractivity contribution in [2.24, 2.45) is 0 Å². The number of benzene rings is 2. The van der Waals surface area contributed by atoms with E-state index >= 15 is 0 Å². The Labute approximate surface area is 112 Å². The Balaban J connectivity index is 2.18. The molecule has 1 heterocycles. The van der Waals surface area contributed by atoms with E-state index in [1.165, 1.54) is 0 Å². The fourth-order valence-electron chi connectivity index (χ4n) is 1.74. The van der Waals surface area contributed by atoms with E-state index in [2.05, 4.69) is 25.9 Å². The fraction of sp³-hybridized carbons (Fsp3) is 0. The first kappa shape index (κ1) is 10.8. The Bertz CT molecular complexity index is 673. The minimum atomic E-state index is 0.669. The number of aromatic nitrogens is 2. The molecule has 0 bridgehead atoms. The lowest BCUT2D eigenvalue weighted by molar-refractivity contribution is 1.33. The second-order valence-electron chi connectivity index (χ2n) is 3.73. The second-order valence-corrected chi connectivity index (χ2v) is 5.05. The Hall–Kier alpha value is -1.32. The van der Waals surface area contributed by atoms with Gasteiger partial charge in [-0.25, -0.2) is 4.98 Å². The molecule has 0 aliphatic carbocycles. The van der Waals surface area contributed by atoms with Crippen molar-refractivity contribution >= 4 is 38.6 Å². The van der Waals surface area contributed by atoms with E-state index < -0.39 is 0 Å². The number of hydrogen-bond acceptors (Lipinski definition) is 1. The van der Waals surface area contributed by atoms with E-state index in [1.807, 2.05) is 42.5 Å². The number of rotatable bonds is 1. The highest BCUT2D eigenvalue weighted by atomic mass is 79.9. The number of para-hydroxylation sites is 1. The van der Waals surface area contributed by atoms with Crippen LogP contribution < -0.4 is 0 Å². The molecule has 0 saturated heterocycles. The first-order valence-electron chi connectivity index (χ1n) is 5.14. The molecule has 0 radical (unpaired) electrons. The van der Waals surface area contributed by atoms with Gasteiger partial charge in [-0.3, -0.25) is 0 Å². The van der Waals surface area contributed by atoms with E-state index in [1.54, 1.807) is 0 Å². The van der Waals surface area contributed by atoms with Crippen LogP contribution >= 0.6 is 27.5 Å². The van der Waals surface area contributed by atoms with Gasteiger partial charge in [0, 0.05) is 10.0 Å². The maximum Gasteiger partial charge on any atom is 0.138 e. The van der Waals surface area contributed by atoms with Crippen LogP contribution in [-0.2, 0) is 0 Å². The summed E-state index contributed by atoms with van der Waals surface area (Å²) < 4.78 is 1.05. The van der Waals surface area contributed by atoms with Crippen LogP contribution in [0, 0.1) is 0 Å². The van der Waals surface area contributed by atoms with Crippen molar-refractivity contribution in [2.45, 2.75) is 0 Å². The molecule has 1 aromatic heterocycles. The van der Waals surface area contributed by atoms with Crippen LogP contribution in [-0.4, -0.2) is 9.97 Å². The van der Waals surface area contributed by atoms with Gasteiger partial charge in [0.1, 0.15) is 11.3 Å². The molecule has 0 spiro atoms. The number of aromatic amines is 1. The van der Waals surface area contributed by atoms with Crippen molar-refractivity contribution in [3.05, 3.63) is 52.0 Å². The molecule has 0 fully saturated rings. The number of imidazole rings is 1. The fourth-order valence-corrected chi connectivity index (χ4v) is 2.22. The standard InChI is InChI=1S/C13H8BrClN2/c14-9-6-4-8(5-7-9)13-16-11-3-1-2-10(15)12(11)17-13/h1-7H,(H,16,17). The predicted molar refractivity (Wildman–Crippen MR) is 74.2 cm³/mol. The Morgan fingerprint density at radius 1 is 1.06 bits per heavy atom. The Morgan fingerprint density at radius 3 is 2.53 bits per heavy atom. The summed E-state index contributed by atoms with van der Waals surface area (Å²) in [5.41, 5.74) is 2.81. The minimum absolute atomic E-state index is 0.669. The van der Waals surface area contributed by atoms with Gasteiger partial charge in [0.25, 0.3) is 0 Å². The molecule has 3 aromatic rings. The van der Waals surface area contributed by atoms with Gasteiger partial charge in [0.15, 0.2) is 0 Å². The van der Waals surface area contributed by atoms with Crippen molar-refractivity contribution in [3.8, 4) is 11.4 Å². The van der Waals surface area contributed by atoms with E-state index in [4.69, 9.17) is 11.6 Å². The first-order valence-corrected chi connectivity index (χ1v) is 6.31. The van der Waals surface area contributed by atoms with Gasteiger partial charge in [-0.1, -0.05) is 45.7 Å². The average Bonchev–Trinajstić information content (AvgIpc) is 2.75. The third-order valence-corrected chi connectivity index (χ3v) is 3.41. The molecular weight excluding hydrogens is 300 g/mol. The summed E-state index contributed by atoms with van der Waals surface area (Å²) in [7, 11) is 0. The second kappa shape index (κ2) is 4.17. The zero-order valence-electron chi connectivity index (χ0n) is 8.74. The molecule has 2 aromatic carbocycles. The highest BCUT2D eigenvalue weighted by molar-refractivity contribution is 9.10. The third kappa shape index (κ3) is 1.96. The lowest BCUT2D eigenvalue weighted by atomic mass is 10.2. The van der Waals surface area contributed by atoms with E-state index in [-0.39, 0.29) is 0 Å². The van der Waals surface area contributed by atoms with Crippen LogP contribution in [0.2, 0.25) is 5.02 Å². The molecule has 4 heteroatoms. The Morgan fingerprint density at radius 2 is 1.82 bits per heavy atom. The number of nitrogens with one attached hydrogen (secondary N) is 1. The molecule has 0 amide bonds. The molecule has 0 aliphatic rings. The summed E-state index contributed by atoms with van der Waals surface area (Å²) in [6.45, 7) is 0. The largest absolute Gasteiger partial charge is 0.338 e. The number of hydrogen-bond donors (Lipinski definition) is 1. The molecule has 0 aliphatic heterocycles. The highest BCUT2D eigenvalue weighted by Gasteiger charge is 2.07. The van der Waals surface area contributed by atoms with Crippen molar-refractivity contribution in [3.63, 3.8) is 0 Å². The van der Waals surface area contributed by atoms with Gasteiger partial charge in [-0.2, -0.15) is 0 Å². The van der Waals surface area contributed by atoms with Crippen molar-refractivity contribution in [1.29, 1.82) is 0 Å². The number of fused-ring (bicyclic) bond motifs is 1. The highest BCUT2D eigenvalue weighted by Crippen LogP contribution is 2.26. The van der Waals surface area contributed by atoms with Gasteiger partial charge < -0.3 is 4.98 Å². The maximum atomic E-state index is 6.09. The van der Waals surface area contributed by atoms with Gasteiger partial charge in [-0.15, -0.1) is 0 Å². The quantitative estimate of drug-likeness (QED) is 0.697. The van der Waals surface area contributed by atoms with Crippen molar-refractivity contribution in [1.82, 2.24) is 9.97 Å². The van der Waals surface area contributed by atoms with E-state index in [0.717, 1.165) is 26.9 Å². The van der Waals surface area contributed by atoms with Gasteiger partial charge in [0.2, 0.25) is 0 Å². The SMILES string of the molecule is Clc1cccc2[nH]c(-c3ccc(Br)cc3)nc12. The molecule has 17 heavy (non-hydrogen) atoms. The van der Waals surface area contributed by atoms with Crippen LogP contribution in [0.1, 0.15) is 0 Å². The average molecular weight is 308 g/mol. The monoisotopic (exact) mass is 306 g/mol. The minimum Gasteiger partial charge on any atom is -0.338 e. The number of halogens is 2. The lowest BCUT2D eigenvalue weighted by Crippen LogP contribution is -1.79. The van der Waals surface area contributed by atoms with Crippen LogP contribution in [0.25, 0.3) is 22.4 Å². The third-order valence-electron chi connectivity index (χ3n) is 2.58. The predicted octanol–water partition coefficient (Wildman–Crippen LogP) is 4.65. The van der Waals surface area contributed by atoms with Crippen molar-refractivity contribution in [2.75, 3.05) is 0 Å². The van der Waals surface area contributed by atoms with Gasteiger partial charge >= 0.3 is 0 Å². The Kier molecular flexibility index (Phi) is 2.65. The van der Waals surface area contributed by atoms with Crippen LogP contribution in [0.5, 0.6) is 0 Å². The van der Waals surface area contributed by atoms with Gasteiger partial charge in [-0.05, 0) is 24.3 Å². The molecule has 3 rings (SSSR count). The molecule has 0 saturated carbocycles. The summed E-state index contributed by atoms with van der Waals surface area (Å²) in [5.74, 6) is 0.834. The summed E-state index contributed by atoms with van der Waals surface area (Å²) in [4.78, 5) is 7.77. The zero-order chi connectivity index (χ0) is 11.8. The topological polar surface area (TPSA) is 28.7 Å². The number of H-pyrrole nitrogens is 1. The first-order chi connectivity index (χ1) is 8.24.